The Hall–Kier alpha value is -3.42. The van der Waals surface area contributed by atoms with Crippen molar-refractivity contribution in [2.75, 3.05) is 0 Å². The van der Waals surface area contributed by atoms with Crippen molar-refractivity contribution in [1.29, 1.82) is 0 Å². The zero-order valence-corrected chi connectivity index (χ0v) is 11.0. The van der Waals surface area contributed by atoms with E-state index in [1.807, 2.05) is 0 Å². The van der Waals surface area contributed by atoms with E-state index in [1.165, 1.54) is 24.3 Å². The fraction of sp³-hybridized carbons (Fsp3) is 0. The summed E-state index contributed by atoms with van der Waals surface area (Å²) < 4.78 is 0. The maximum atomic E-state index is 12.0. The van der Waals surface area contributed by atoms with Crippen molar-refractivity contribution in [1.82, 2.24) is 0 Å². The van der Waals surface area contributed by atoms with Gasteiger partial charge in [0.2, 0.25) is 0 Å². The molecule has 8 nitrogen and oxygen atoms in total. The first kappa shape index (κ1) is 16.6. The van der Waals surface area contributed by atoms with Crippen molar-refractivity contribution in [2.45, 2.75) is 0 Å². The average Bonchev–Trinajstić information content (AvgIpc) is 2.37. The van der Waals surface area contributed by atoms with Crippen LogP contribution in [-0.4, -0.2) is 42.6 Å². The highest BCUT2D eigenvalue weighted by Crippen LogP contribution is 2.29. The number of hydrogen-bond donors (Lipinski definition) is 6. The van der Waals surface area contributed by atoms with E-state index < -0.39 is 11.9 Å². The van der Waals surface area contributed by atoms with Gasteiger partial charge in [0.05, 0.1) is 11.1 Å². The van der Waals surface area contributed by atoms with E-state index in [4.69, 9.17) is 25.2 Å². The van der Waals surface area contributed by atoms with Gasteiger partial charge in [0.1, 0.15) is 23.0 Å². The number of benzene rings is 2. The molecule has 2 aromatic rings. The van der Waals surface area contributed by atoms with Crippen LogP contribution in [0.1, 0.15) is 15.9 Å². The molecule has 8 heteroatoms. The summed E-state index contributed by atoms with van der Waals surface area (Å²) in [5, 5.41) is 51.3. The zero-order chi connectivity index (χ0) is 16.9. The lowest BCUT2D eigenvalue weighted by Gasteiger charge is -2.06. The Morgan fingerprint density at radius 3 is 1.27 bits per heavy atom. The van der Waals surface area contributed by atoms with Gasteiger partial charge in [-0.15, -0.1) is 0 Å². The first-order valence-corrected chi connectivity index (χ1v) is 5.73. The number of phenols is 4. The van der Waals surface area contributed by atoms with Gasteiger partial charge in [-0.2, -0.15) is 0 Å². The van der Waals surface area contributed by atoms with Crippen molar-refractivity contribution >= 4 is 11.9 Å². The van der Waals surface area contributed by atoms with Crippen LogP contribution in [0.3, 0.4) is 0 Å². The van der Waals surface area contributed by atoms with Crippen LogP contribution in [0.15, 0.2) is 36.4 Å². The van der Waals surface area contributed by atoms with E-state index >= 15 is 0 Å². The van der Waals surface area contributed by atoms with Crippen LogP contribution in [0.2, 0.25) is 0 Å². The van der Waals surface area contributed by atoms with E-state index in [0.717, 1.165) is 12.1 Å². The molecule has 22 heavy (non-hydrogen) atoms. The van der Waals surface area contributed by atoms with Gasteiger partial charge < -0.3 is 30.6 Å². The molecule has 0 fully saturated rings. The molecular formula is C14H12O8. The largest absolute Gasteiger partial charge is 0.508 e. The number of rotatable bonds is 2. The summed E-state index contributed by atoms with van der Waals surface area (Å²) in [7, 11) is 0. The van der Waals surface area contributed by atoms with Crippen molar-refractivity contribution in [3.63, 3.8) is 0 Å². The second-order valence-corrected chi connectivity index (χ2v) is 4.01. The lowest BCUT2D eigenvalue weighted by molar-refractivity contribution is 0.103. The van der Waals surface area contributed by atoms with E-state index in [0.29, 0.717) is 0 Å². The molecular weight excluding hydrogens is 296 g/mol. The summed E-state index contributed by atoms with van der Waals surface area (Å²) in [6.45, 7) is 0. The highest BCUT2D eigenvalue weighted by atomic mass is 16.6. The molecule has 0 saturated carbocycles. The fourth-order valence-corrected chi connectivity index (χ4v) is 1.57. The number of carboxylic acid groups (broad SMARTS) is 2. The van der Waals surface area contributed by atoms with Gasteiger partial charge >= 0.3 is 6.16 Å². The molecule has 116 valence electrons. The summed E-state index contributed by atoms with van der Waals surface area (Å²) in [5.74, 6) is -1.71. The van der Waals surface area contributed by atoms with E-state index in [9.17, 15) is 15.0 Å². The molecule has 0 aliphatic rings. The van der Waals surface area contributed by atoms with Crippen LogP contribution in [0, 0.1) is 0 Å². The van der Waals surface area contributed by atoms with E-state index in [-0.39, 0.29) is 34.1 Å². The van der Waals surface area contributed by atoms with Gasteiger partial charge in [0.25, 0.3) is 0 Å². The predicted octanol–water partition coefficient (Wildman–Crippen LogP) is 1.96. The Morgan fingerprint density at radius 2 is 1.00 bits per heavy atom. The van der Waals surface area contributed by atoms with Gasteiger partial charge in [-0.05, 0) is 24.3 Å². The minimum absolute atomic E-state index is 0.0474. The maximum absolute atomic E-state index is 12.0. The number of ketones is 1. The molecule has 0 spiro atoms. The summed E-state index contributed by atoms with van der Waals surface area (Å²) in [6.07, 6.45) is -1.83. The van der Waals surface area contributed by atoms with Gasteiger partial charge in [-0.3, -0.25) is 4.79 Å². The Labute approximate surface area is 123 Å². The second kappa shape index (κ2) is 6.84. The minimum Gasteiger partial charge on any atom is -0.508 e. The van der Waals surface area contributed by atoms with Crippen molar-refractivity contribution in [2.24, 2.45) is 0 Å². The third-order valence-corrected chi connectivity index (χ3v) is 2.45. The SMILES string of the molecule is O=C(O)O.O=C(c1ccc(O)cc1O)c1ccc(O)cc1O. The summed E-state index contributed by atoms with van der Waals surface area (Å²) in [5.41, 5.74) is -0.0948. The average molecular weight is 308 g/mol. The highest BCUT2D eigenvalue weighted by Gasteiger charge is 2.17. The summed E-state index contributed by atoms with van der Waals surface area (Å²) >= 11 is 0. The molecule has 0 bridgehead atoms. The standard InChI is InChI=1S/C13H10O5.CH2O3/c14-7-1-3-9(11(16)5-7)13(18)10-4-2-8(15)6-12(10)17;2-1(3)4/h1-6,14-17H;(H2,2,3,4). The van der Waals surface area contributed by atoms with Crippen LogP contribution in [0.25, 0.3) is 0 Å². The molecule has 0 saturated heterocycles. The van der Waals surface area contributed by atoms with Crippen LogP contribution < -0.4 is 0 Å². The lowest BCUT2D eigenvalue weighted by Crippen LogP contribution is -2.01. The monoisotopic (exact) mass is 308 g/mol. The van der Waals surface area contributed by atoms with E-state index in [1.54, 1.807) is 0 Å². The van der Waals surface area contributed by atoms with Crippen molar-refractivity contribution in [3.05, 3.63) is 47.5 Å². The predicted molar refractivity (Wildman–Crippen MR) is 73.6 cm³/mol. The maximum Gasteiger partial charge on any atom is 0.503 e. The van der Waals surface area contributed by atoms with Gasteiger partial charge in [0, 0.05) is 12.1 Å². The zero-order valence-electron chi connectivity index (χ0n) is 11.0. The summed E-state index contributed by atoms with van der Waals surface area (Å²) in [6, 6.07) is 7.07. The van der Waals surface area contributed by atoms with Crippen molar-refractivity contribution in [3.8, 4) is 23.0 Å². The van der Waals surface area contributed by atoms with Crippen LogP contribution in [0.5, 0.6) is 23.0 Å². The molecule has 0 unspecified atom stereocenters. The number of carbonyl (C=O) groups is 2. The van der Waals surface area contributed by atoms with Crippen LogP contribution in [-0.2, 0) is 0 Å². The molecule has 0 atom stereocenters. The third kappa shape index (κ3) is 4.30. The van der Waals surface area contributed by atoms with Gasteiger partial charge in [-0.25, -0.2) is 4.79 Å². The Kier molecular flexibility index (Phi) is 5.17. The number of aromatic hydroxyl groups is 4. The Morgan fingerprint density at radius 1 is 0.682 bits per heavy atom. The fourth-order valence-electron chi connectivity index (χ4n) is 1.57. The second-order valence-electron chi connectivity index (χ2n) is 4.01. The Bertz CT molecular complexity index is 650. The highest BCUT2D eigenvalue weighted by molar-refractivity contribution is 6.12. The molecule has 2 rings (SSSR count). The third-order valence-electron chi connectivity index (χ3n) is 2.45. The normalized spacial score (nSPS) is 9.45. The molecule has 0 aliphatic heterocycles. The quantitative estimate of drug-likeness (QED) is 0.460. The Balaban J connectivity index is 0.000000541. The first-order chi connectivity index (χ1) is 10.2. The topological polar surface area (TPSA) is 156 Å². The number of phenolic OH excluding ortho intramolecular Hbond substituents is 4. The van der Waals surface area contributed by atoms with E-state index in [2.05, 4.69) is 0 Å². The molecule has 6 N–H and O–H groups in total. The number of carbonyl (C=O) groups excluding carboxylic acids is 1. The van der Waals surface area contributed by atoms with Gasteiger partial charge in [-0.1, -0.05) is 0 Å². The van der Waals surface area contributed by atoms with Crippen LogP contribution >= 0.6 is 0 Å². The van der Waals surface area contributed by atoms with Crippen molar-refractivity contribution < 1.29 is 40.2 Å². The first-order valence-electron chi connectivity index (χ1n) is 5.73. The minimum atomic E-state index is -1.83. The molecule has 0 aliphatic carbocycles. The molecule has 0 heterocycles. The molecule has 2 aromatic carbocycles. The van der Waals surface area contributed by atoms with Gasteiger partial charge in [0.15, 0.2) is 5.78 Å². The number of hydrogen-bond acceptors (Lipinski definition) is 6. The lowest BCUT2D eigenvalue weighted by atomic mass is 10.0. The molecule has 0 aromatic heterocycles. The van der Waals surface area contributed by atoms with Crippen LogP contribution in [0.4, 0.5) is 4.79 Å². The molecule has 0 amide bonds. The summed E-state index contributed by atoms with van der Waals surface area (Å²) in [4.78, 5) is 20.6. The smallest absolute Gasteiger partial charge is 0.503 e. The molecule has 0 radical (unpaired) electrons.